The van der Waals surface area contributed by atoms with Gasteiger partial charge in [0.05, 0.1) is 5.56 Å². The van der Waals surface area contributed by atoms with E-state index in [2.05, 4.69) is 16.5 Å². The Labute approximate surface area is 135 Å². The first kappa shape index (κ1) is 14.5. The summed E-state index contributed by atoms with van der Waals surface area (Å²) in [6.07, 6.45) is 5.07. The normalized spacial score (nSPS) is 28.2. The summed E-state index contributed by atoms with van der Waals surface area (Å²) in [5, 5.41) is 0.917. The summed E-state index contributed by atoms with van der Waals surface area (Å²) in [6, 6.07) is 8.83. The van der Waals surface area contributed by atoms with E-state index < -0.39 is 0 Å². The molecule has 2 aliphatic rings. The molecule has 2 atom stereocenters. The fraction of sp³-hybridized carbons (Fsp3) is 0.444. The Morgan fingerprint density at radius 1 is 1.13 bits per heavy atom. The number of primary amides is 1. The molecule has 0 saturated carbocycles. The number of rotatable bonds is 2. The van der Waals surface area contributed by atoms with Gasteiger partial charge in [0.2, 0.25) is 0 Å². The van der Waals surface area contributed by atoms with Gasteiger partial charge >= 0.3 is 0 Å². The fourth-order valence-corrected chi connectivity index (χ4v) is 4.35. The number of nitrogens with two attached hydrogens (primary N) is 1. The van der Waals surface area contributed by atoms with E-state index in [-0.39, 0.29) is 5.91 Å². The van der Waals surface area contributed by atoms with Gasteiger partial charge in [-0.1, -0.05) is 18.2 Å². The average molecular weight is 311 g/mol. The van der Waals surface area contributed by atoms with Crippen LogP contribution in [0.15, 0.2) is 30.5 Å². The number of carbonyl (C=O) groups is 2. The summed E-state index contributed by atoms with van der Waals surface area (Å²) < 4.78 is 2.21. The van der Waals surface area contributed by atoms with Gasteiger partial charge in [0, 0.05) is 48.1 Å². The van der Waals surface area contributed by atoms with Crippen LogP contribution in [0.3, 0.4) is 0 Å². The Bertz CT molecular complexity index is 777. The Hall–Kier alpha value is -2.14. The highest BCUT2D eigenvalue weighted by Crippen LogP contribution is 2.39. The first-order valence-electron chi connectivity index (χ1n) is 8.17. The number of hydrogen-bond donors (Lipinski definition) is 1. The van der Waals surface area contributed by atoms with E-state index >= 15 is 0 Å². The third-order valence-corrected chi connectivity index (χ3v) is 5.57. The highest BCUT2D eigenvalue weighted by molar-refractivity contribution is 6.06. The lowest BCUT2D eigenvalue weighted by Crippen LogP contribution is -2.52. The number of para-hydroxylation sites is 1. The molecule has 0 spiro atoms. The van der Waals surface area contributed by atoms with E-state index in [0.29, 0.717) is 42.3 Å². The van der Waals surface area contributed by atoms with Crippen molar-refractivity contribution >= 4 is 22.6 Å². The van der Waals surface area contributed by atoms with Crippen LogP contribution in [0.5, 0.6) is 0 Å². The highest BCUT2D eigenvalue weighted by atomic mass is 16.1. The zero-order valence-electron chi connectivity index (χ0n) is 13.2. The van der Waals surface area contributed by atoms with Gasteiger partial charge in [-0.3, -0.25) is 14.5 Å². The van der Waals surface area contributed by atoms with Crippen molar-refractivity contribution in [3.63, 3.8) is 0 Å². The van der Waals surface area contributed by atoms with Crippen LogP contribution in [0.25, 0.3) is 10.9 Å². The fourth-order valence-electron chi connectivity index (χ4n) is 4.35. The molecule has 1 amide bonds. The van der Waals surface area contributed by atoms with Crippen LogP contribution in [0.2, 0.25) is 0 Å². The van der Waals surface area contributed by atoms with Gasteiger partial charge in [-0.05, 0) is 26.0 Å². The Kier molecular flexibility index (Phi) is 3.27. The van der Waals surface area contributed by atoms with Gasteiger partial charge in [-0.15, -0.1) is 0 Å². The lowest BCUT2D eigenvalue weighted by molar-refractivity contribution is -0.127. The number of piperidine rings is 2. The molecule has 5 nitrogen and oxygen atoms in total. The molecule has 5 heteroatoms. The molecule has 3 heterocycles. The zero-order chi connectivity index (χ0) is 16.1. The number of amides is 1. The number of benzene rings is 1. The molecule has 2 aliphatic heterocycles. The Morgan fingerprint density at radius 2 is 1.78 bits per heavy atom. The monoisotopic (exact) mass is 311 g/mol. The Balaban J connectivity index is 1.76. The predicted octanol–water partition coefficient (Wildman–Crippen LogP) is 2.11. The van der Waals surface area contributed by atoms with E-state index in [9.17, 15) is 9.59 Å². The number of carbonyl (C=O) groups excluding carboxylic acids is 2. The maximum Gasteiger partial charge on any atom is 0.250 e. The van der Waals surface area contributed by atoms with E-state index in [1.54, 1.807) is 0 Å². The van der Waals surface area contributed by atoms with Gasteiger partial charge in [0.25, 0.3) is 5.91 Å². The van der Waals surface area contributed by atoms with Crippen LogP contribution in [0.4, 0.5) is 0 Å². The summed E-state index contributed by atoms with van der Waals surface area (Å²) in [5.74, 6) is -0.00464. The van der Waals surface area contributed by atoms with Gasteiger partial charge in [0.1, 0.15) is 5.78 Å². The minimum absolute atomic E-state index is 0.304. The number of hydrogen-bond acceptors (Lipinski definition) is 3. The summed E-state index contributed by atoms with van der Waals surface area (Å²) in [7, 11) is 2.13. The molecule has 0 aliphatic carbocycles. The molecule has 1 aromatic carbocycles. The van der Waals surface area contributed by atoms with Crippen molar-refractivity contribution in [1.29, 1.82) is 0 Å². The molecule has 0 radical (unpaired) electrons. The molecular weight excluding hydrogens is 290 g/mol. The molecule has 2 bridgehead atoms. The number of aromatic nitrogens is 1. The van der Waals surface area contributed by atoms with Crippen molar-refractivity contribution in [1.82, 2.24) is 9.47 Å². The molecule has 2 unspecified atom stereocenters. The van der Waals surface area contributed by atoms with Crippen LogP contribution in [0, 0.1) is 0 Å². The van der Waals surface area contributed by atoms with Gasteiger partial charge in [-0.25, -0.2) is 0 Å². The SMILES string of the molecule is CN1C2CC(=O)CC1CC(n1cc(C(N)=O)c3ccccc31)C2. The minimum Gasteiger partial charge on any atom is -0.366 e. The maximum absolute atomic E-state index is 11.9. The molecule has 4 rings (SSSR count). The quantitative estimate of drug-likeness (QED) is 0.923. The summed E-state index contributed by atoms with van der Waals surface area (Å²) in [4.78, 5) is 26.0. The van der Waals surface area contributed by atoms with Gasteiger partial charge in [-0.2, -0.15) is 0 Å². The first-order chi connectivity index (χ1) is 11.0. The molecule has 1 aromatic heterocycles. The van der Waals surface area contributed by atoms with Crippen molar-refractivity contribution in [2.75, 3.05) is 7.05 Å². The zero-order valence-corrected chi connectivity index (χ0v) is 13.2. The number of nitrogens with zero attached hydrogens (tertiary/aromatic N) is 2. The van der Waals surface area contributed by atoms with Crippen molar-refractivity contribution < 1.29 is 9.59 Å². The Morgan fingerprint density at radius 3 is 2.43 bits per heavy atom. The maximum atomic E-state index is 11.9. The largest absolute Gasteiger partial charge is 0.366 e. The second-order valence-corrected chi connectivity index (χ2v) is 6.88. The molecule has 2 fully saturated rings. The molecule has 2 saturated heterocycles. The minimum atomic E-state index is -0.386. The third kappa shape index (κ3) is 2.27. The second kappa shape index (κ2) is 5.20. The summed E-state index contributed by atoms with van der Waals surface area (Å²) in [5.41, 5.74) is 7.19. The highest BCUT2D eigenvalue weighted by Gasteiger charge is 2.40. The summed E-state index contributed by atoms with van der Waals surface area (Å²) >= 11 is 0. The van der Waals surface area contributed by atoms with E-state index in [1.807, 2.05) is 30.5 Å². The smallest absolute Gasteiger partial charge is 0.250 e. The van der Waals surface area contributed by atoms with Crippen molar-refractivity contribution in [2.24, 2.45) is 5.73 Å². The number of Topliss-reactive ketones (excluding diaryl/α,β-unsaturated/α-hetero) is 1. The summed E-state index contributed by atoms with van der Waals surface area (Å²) in [6.45, 7) is 0. The molecule has 2 aromatic rings. The topological polar surface area (TPSA) is 68.3 Å². The van der Waals surface area contributed by atoms with Crippen LogP contribution in [-0.4, -0.2) is 40.3 Å². The molecule has 23 heavy (non-hydrogen) atoms. The van der Waals surface area contributed by atoms with Crippen molar-refractivity contribution in [3.05, 3.63) is 36.0 Å². The predicted molar refractivity (Wildman–Crippen MR) is 88.3 cm³/mol. The standard InChI is InChI=1S/C18H21N3O2/c1-20-11-6-13(7-12(20)9-14(22)8-11)21-10-16(18(19)23)15-4-2-3-5-17(15)21/h2-5,10-13H,6-9H2,1H3,(H2,19,23). The van der Waals surface area contributed by atoms with E-state index in [0.717, 1.165) is 23.7 Å². The first-order valence-corrected chi connectivity index (χ1v) is 8.17. The third-order valence-electron chi connectivity index (χ3n) is 5.57. The average Bonchev–Trinajstić information content (AvgIpc) is 2.88. The lowest BCUT2D eigenvalue weighted by Gasteiger charge is -2.46. The van der Waals surface area contributed by atoms with E-state index in [4.69, 9.17) is 5.73 Å². The van der Waals surface area contributed by atoms with Crippen LogP contribution in [-0.2, 0) is 4.79 Å². The lowest BCUT2D eigenvalue weighted by atomic mass is 9.81. The van der Waals surface area contributed by atoms with Crippen LogP contribution < -0.4 is 5.73 Å². The van der Waals surface area contributed by atoms with Crippen molar-refractivity contribution in [2.45, 2.75) is 43.8 Å². The van der Waals surface area contributed by atoms with Gasteiger partial charge in [0.15, 0.2) is 0 Å². The number of fused-ring (bicyclic) bond motifs is 3. The molecule has 120 valence electrons. The van der Waals surface area contributed by atoms with Crippen molar-refractivity contribution in [3.8, 4) is 0 Å². The molecule has 2 N–H and O–H groups in total. The number of ketones is 1. The van der Waals surface area contributed by atoms with Crippen LogP contribution in [0.1, 0.15) is 42.1 Å². The second-order valence-electron chi connectivity index (χ2n) is 6.88. The van der Waals surface area contributed by atoms with Gasteiger partial charge < -0.3 is 10.3 Å². The van der Waals surface area contributed by atoms with Crippen LogP contribution >= 0.6 is 0 Å². The van der Waals surface area contributed by atoms with E-state index in [1.165, 1.54) is 0 Å². The molecular formula is C18H21N3O2.